The van der Waals surface area contributed by atoms with E-state index in [2.05, 4.69) is 26.3 Å². The molecule has 16 nitrogen and oxygen atoms in total. The fourth-order valence-corrected chi connectivity index (χ4v) is 3.82. The highest BCUT2D eigenvalue weighted by molar-refractivity contribution is 5.99. The Kier molecular flexibility index (Phi) is 15.0. The molecular formula is C30H34F3N7O9. The average Bonchev–Trinajstić information content (AvgIpc) is 3.03. The first-order valence-corrected chi connectivity index (χ1v) is 14.3. The van der Waals surface area contributed by atoms with Crippen LogP contribution < -0.4 is 38.4 Å². The number of carbonyl (C=O) groups excluding carboxylic acids is 4. The molecule has 0 unspecified atom stereocenters. The zero-order valence-electron chi connectivity index (χ0n) is 26.0. The number of rotatable bonds is 13. The second-order valence-corrected chi connectivity index (χ2v) is 10.0. The Balaban J connectivity index is 0.00000107. The lowest BCUT2D eigenvalue weighted by molar-refractivity contribution is -0.192. The van der Waals surface area contributed by atoms with E-state index in [-0.39, 0.29) is 25.5 Å². The molecule has 3 rings (SSSR count). The summed E-state index contributed by atoms with van der Waals surface area (Å²) in [7, 11) is 0. The van der Waals surface area contributed by atoms with Crippen LogP contribution in [0.3, 0.4) is 0 Å². The van der Waals surface area contributed by atoms with Gasteiger partial charge in [-0.25, -0.2) is 14.4 Å². The van der Waals surface area contributed by atoms with Crippen LogP contribution in [0.15, 0.2) is 68.8 Å². The van der Waals surface area contributed by atoms with Gasteiger partial charge in [0.15, 0.2) is 5.96 Å². The summed E-state index contributed by atoms with van der Waals surface area (Å²) < 4.78 is 42.0. The van der Waals surface area contributed by atoms with Crippen LogP contribution in [0.25, 0.3) is 11.0 Å². The first kappa shape index (κ1) is 39.0. The molecule has 0 aliphatic carbocycles. The molecule has 2 aromatic carbocycles. The fraction of sp³-hybridized carbons (Fsp3) is 0.300. The van der Waals surface area contributed by atoms with Crippen molar-refractivity contribution in [2.24, 2.45) is 16.5 Å². The summed E-state index contributed by atoms with van der Waals surface area (Å²) in [4.78, 5) is 74.1. The maximum Gasteiger partial charge on any atom is 0.490 e. The minimum atomic E-state index is -5.08. The number of nitrogens with zero attached hydrogens (tertiary/aromatic N) is 1. The van der Waals surface area contributed by atoms with E-state index < -0.39 is 60.7 Å². The van der Waals surface area contributed by atoms with Crippen molar-refractivity contribution >= 4 is 52.4 Å². The molecule has 1 aromatic heterocycles. The number of aryl methyl sites for hydroxylation is 1. The van der Waals surface area contributed by atoms with Crippen LogP contribution in [0.2, 0.25) is 0 Å². The normalized spacial score (nSPS) is 11.2. The predicted octanol–water partition coefficient (Wildman–Crippen LogP) is 1.25. The second kappa shape index (κ2) is 18.9. The summed E-state index contributed by atoms with van der Waals surface area (Å²) in [6.45, 7) is 1.17. The lowest BCUT2D eigenvalue weighted by Crippen LogP contribution is -2.48. The summed E-state index contributed by atoms with van der Waals surface area (Å²) in [5, 5.41) is 17.8. The van der Waals surface area contributed by atoms with E-state index in [1.54, 1.807) is 43.3 Å². The quantitative estimate of drug-likeness (QED) is 0.0580. The third-order valence-corrected chi connectivity index (χ3v) is 6.11. The number of carbonyl (C=O) groups is 5. The highest BCUT2D eigenvalue weighted by Crippen LogP contribution is 2.21. The van der Waals surface area contributed by atoms with Crippen molar-refractivity contribution in [3.8, 4) is 0 Å². The van der Waals surface area contributed by atoms with E-state index >= 15 is 0 Å². The van der Waals surface area contributed by atoms with E-state index in [0.29, 0.717) is 23.1 Å². The Morgan fingerprint density at radius 1 is 0.980 bits per heavy atom. The molecule has 0 saturated heterocycles. The number of benzene rings is 2. The maximum atomic E-state index is 13.1. The number of guanidine groups is 1. The van der Waals surface area contributed by atoms with Crippen LogP contribution >= 0.6 is 0 Å². The molecule has 19 heteroatoms. The number of alkyl carbamates (subject to hydrolysis) is 1. The van der Waals surface area contributed by atoms with E-state index in [4.69, 9.17) is 30.5 Å². The zero-order valence-corrected chi connectivity index (χ0v) is 26.0. The van der Waals surface area contributed by atoms with Gasteiger partial charge in [0.25, 0.3) is 0 Å². The van der Waals surface area contributed by atoms with Crippen LogP contribution in [0, 0.1) is 6.92 Å². The Morgan fingerprint density at radius 3 is 2.27 bits per heavy atom. The maximum absolute atomic E-state index is 13.1. The van der Waals surface area contributed by atoms with E-state index in [9.17, 15) is 37.1 Å². The van der Waals surface area contributed by atoms with Crippen LogP contribution in [0.4, 0.5) is 23.7 Å². The second-order valence-electron chi connectivity index (χ2n) is 10.0. The summed E-state index contributed by atoms with van der Waals surface area (Å²) in [6, 6.07) is 14.2. The largest absolute Gasteiger partial charge is 0.490 e. The fourth-order valence-electron chi connectivity index (χ4n) is 3.82. The van der Waals surface area contributed by atoms with Crippen LogP contribution in [0.5, 0.6) is 0 Å². The van der Waals surface area contributed by atoms with Crippen molar-refractivity contribution in [1.82, 2.24) is 16.0 Å². The zero-order chi connectivity index (χ0) is 36.6. The number of nitrogens with two attached hydrogens (primary N) is 2. The van der Waals surface area contributed by atoms with Crippen LogP contribution in [-0.2, 0) is 30.5 Å². The summed E-state index contributed by atoms with van der Waals surface area (Å²) >= 11 is 0. The summed E-state index contributed by atoms with van der Waals surface area (Å²) in [5.41, 5.74) is 12.3. The van der Waals surface area contributed by atoms with Gasteiger partial charge in [-0.2, -0.15) is 13.2 Å². The van der Waals surface area contributed by atoms with Crippen molar-refractivity contribution in [2.45, 2.75) is 38.6 Å². The molecule has 0 saturated carbocycles. The minimum absolute atomic E-state index is 0.0383. The Hall–Kier alpha value is -6.14. The molecule has 4 amide bonds. The topological polar surface area (TPSA) is 258 Å². The van der Waals surface area contributed by atoms with Crippen molar-refractivity contribution in [3.63, 3.8) is 0 Å². The van der Waals surface area contributed by atoms with Gasteiger partial charge in [0.05, 0.1) is 6.54 Å². The van der Waals surface area contributed by atoms with E-state index in [1.807, 2.05) is 6.07 Å². The molecule has 49 heavy (non-hydrogen) atoms. The lowest BCUT2D eigenvalue weighted by atomic mass is 10.1. The van der Waals surface area contributed by atoms with Gasteiger partial charge in [0.2, 0.25) is 17.7 Å². The Morgan fingerprint density at radius 2 is 1.63 bits per heavy atom. The Bertz CT molecular complexity index is 1710. The molecule has 0 aliphatic rings. The van der Waals surface area contributed by atoms with Crippen LogP contribution in [-0.4, -0.2) is 72.7 Å². The number of ether oxygens (including phenoxy) is 1. The predicted molar refractivity (Wildman–Crippen MR) is 169 cm³/mol. The molecule has 9 N–H and O–H groups in total. The average molecular weight is 694 g/mol. The smallest absolute Gasteiger partial charge is 0.475 e. The van der Waals surface area contributed by atoms with Crippen molar-refractivity contribution in [1.29, 1.82) is 0 Å². The number of amides is 4. The number of nitrogens with one attached hydrogen (secondary N) is 4. The number of aliphatic imine (C=N–C) groups is 1. The standard InChI is InChI=1S/C28H33N7O7.C2HF3O2/c1-17-12-25(38)42-22-13-19(9-10-20(17)22)34-26(39)21(8-5-11-31-27(29)30)35-24(37)15-32-23(36)14-33-28(40)41-16-18-6-3-2-4-7-18;3-2(4,5)1(6)7/h2-4,6-7,9-10,12-13,21H,5,8,11,14-16H2,1H3,(H,32,36)(H,33,40)(H,34,39)(H,35,37)(H4,29,30,31);(H,6,7)/t21-;/m0./s1. The number of alkyl halides is 3. The molecule has 0 radical (unpaired) electrons. The Labute approximate surface area is 276 Å². The molecule has 0 aliphatic heterocycles. The SMILES string of the molecule is Cc1cc(=O)oc2cc(NC(=O)[C@H](CCCN=C(N)N)NC(=O)CNC(=O)CNC(=O)OCc3ccccc3)ccc12.O=C(O)C(F)(F)F. The molecule has 1 atom stereocenters. The number of hydrogen-bond acceptors (Lipinski definition) is 9. The molecular weight excluding hydrogens is 659 g/mol. The highest BCUT2D eigenvalue weighted by atomic mass is 19.4. The van der Waals surface area contributed by atoms with Crippen molar-refractivity contribution < 1.29 is 51.4 Å². The molecule has 264 valence electrons. The van der Waals surface area contributed by atoms with Gasteiger partial charge in [0.1, 0.15) is 24.8 Å². The number of carboxylic acid groups (broad SMARTS) is 1. The number of hydrogen-bond donors (Lipinski definition) is 7. The van der Waals surface area contributed by atoms with E-state index in [1.165, 1.54) is 12.1 Å². The molecule has 0 fully saturated rings. The van der Waals surface area contributed by atoms with Crippen LogP contribution in [0.1, 0.15) is 24.0 Å². The number of anilines is 1. The first-order valence-electron chi connectivity index (χ1n) is 14.3. The third-order valence-electron chi connectivity index (χ3n) is 6.11. The number of fused-ring (bicyclic) bond motifs is 1. The lowest BCUT2D eigenvalue weighted by Gasteiger charge is -2.19. The van der Waals surface area contributed by atoms with Gasteiger partial charge < -0.3 is 47.0 Å². The molecule has 0 bridgehead atoms. The van der Waals surface area contributed by atoms with Crippen molar-refractivity contribution in [3.05, 3.63) is 76.1 Å². The van der Waals surface area contributed by atoms with E-state index in [0.717, 1.165) is 11.1 Å². The molecule has 0 spiro atoms. The number of carboxylic acids is 1. The van der Waals surface area contributed by atoms with Gasteiger partial charge in [0, 0.05) is 29.8 Å². The number of aliphatic carboxylic acids is 1. The highest BCUT2D eigenvalue weighted by Gasteiger charge is 2.38. The monoisotopic (exact) mass is 693 g/mol. The van der Waals surface area contributed by atoms with Crippen molar-refractivity contribution in [2.75, 3.05) is 25.0 Å². The molecule has 1 heterocycles. The third kappa shape index (κ3) is 14.9. The van der Waals surface area contributed by atoms with Gasteiger partial charge in [-0.3, -0.25) is 19.4 Å². The molecule has 3 aromatic rings. The first-order chi connectivity index (χ1) is 23.0. The van der Waals surface area contributed by atoms with Gasteiger partial charge in [-0.15, -0.1) is 0 Å². The summed E-state index contributed by atoms with van der Waals surface area (Å²) in [5.74, 6) is -4.68. The van der Waals surface area contributed by atoms with Gasteiger partial charge >= 0.3 is 23.9 Å². The summed E-state index contributed by atoms with van der Waals surface area (Å²) in [6.07, 6.45) is -5.33. The van der Waals surface area contributed by atoms with Gasteiger partial charge in [-0.05, 0) is 43.0 Å². The number of halogens is 3. The van der Waals surface area contributed by atoms with Gasteiger partial charge in [-0.1, -0.05) is 30.3 Å². The minimum Gasteiger partial charge on any atom is -0.475 e.